The number of nitrogens with zero attached hydrogens (tertiary/aromatic N) is 7. The van der Waals surface area contributed by atoms with E-state index < -0.39 is 0 Å². The van der Waals surface area contributed by atoms with Gasteiger partial charge in [0.05, 0.1) is 17.8 Å². The first-order chi connectivity index (χ1) is 11.3. The minimum atomic E-state index is 0.187. The molecule has 0 saturated carbocycles. The summed E-state index contributed by atoms with van der Waals surface area (Å²) in [5.74, 6) is 0.536. The van der Waals surface area contributed by atoms with Gasteiger partial charge in [-0.15, -0.1) is 5.10 Å². The van der Waals surface area contributed by atoms with Crippen LogP contribution in [0.5, 0.6) is 0 Å². The molecule has 0 amide bonds. The molecule has 0 fully saturated rings. The summed E-state index contributed by atoms with van der Waals surface area (Å²) in [6.45, 7) is 0.187. The highest BCUT2D eigenvalue weighted by atomic mass is 16.6. The summed E-state index contributed by atoms with van der Waals surface area (Å²) >= 11 is 0. The van der Waals surface area contributed by atoms with Gasteiger partial charge in [0.1, 0.15) is 6.33 Å². The third-order valence-corrected chi connectivity index (χ3v) is 3.38. The quantitative estimate of drug-likeness (QED) is 0.422. The van der Waals surface area contributed by atoms with Crippen molar-refractivity contribution in [3.63, 3.8) is 0 Å². The van der Waals surface area contributed by atoms with E-state index in [0.29, 0.717) is 11.5 Å². The smallest absolute Gasteiger partial charge is 0.192 e. The molecule has 0 aliphatic heterocycles. The van der Waals surface area contributed by atoms with Gasteiger partial charge in [0.15, 0.2) is 23.7 Å². The predicted octanol–water partition coefficient (Wildman–Crippen LogP) is 1.56. The molecule has 3 aromatic heterocycles. The molecule has 0 saturated heterocycles. The maximum Gasteiger partial charge on any atom is 0.192 e. The van der Waals surface area contributed by atoms with Gasteiger partial charge in [-0.25, -0.2) is 14.5 Å². The third-order valence-electron chi connectivity index (χ3n) is 3.38. The van der Waals surface area contributed by atoms with Crippen LogP contribution in [0.3, 0.4) is 0 Å². The fourth-order valence-corrected chi connectivity index (χ4v) is 2.28. The van der Waals surface area contributed by atoms with Crippen molar-refractivity contribution in [3.05, 3.63) is 54.2 Å². The van der Waals surface area contributed by atoms with E-state index in [2.05, 4.69) is 25.3 Å². The summed E-state index contributed by atoms with van der Waals surface area (Å²) in [6.07, 6.45) is 4.99. The Bertz CT molecular complexity index is 987. The number of aryl methyl sites for hydroxylation is 1. The highest BCUT2D eigenvalue weighted by Gasteiger charge is 2.11. The second-order valence-electron chi connectivity index (χ2n) is 4.96. The SMILES string of the molecule is Cn1ncc2c1ncn1nc(CO/N=C/c3ccccc3)nc21. The largest absolute Gasteiger partial charge is 0.387 e. The van der Waals surface area contributed by atoms with Crippen LogP contribution in [-0.4, -0.2) is 35.6 Å². The van der Waals surface area contributed by atoms with Gasteiger partial charge >= 0.3 is 0 Å². The number of oxime groups is 1. The van der Waals surface area contributed by atoms with Gasteiger partial charge in [-0.1, -0.05) is 35.5 Å². The average Bonchev–Trinajstić information content (AvgIpc) is 3.16. The summed E-state index contributed by atoms with van der Waals surface area (Å²) in [6, 6.07) is 9.72. The summed E-state index contributed by atoms with van der Waals surface area (Å²) in [5, 5.41) is 13.3. The standard InChI is InChI=1S/C15H13N7O/c1-21-14-12(8-17-21)15-19-13(20-22(15)10-16-14)9-23-18-7-11-5-3-2-4-6-11/h2-8,10H,9H2,1H3/b18-7+. The van der Waals surface area contributed by atoms with Gasteiger partial charge in [-0.3, -0.25) is 4.68 Å². The highest BCUT2D eigenvalue weighted by Crippen LogP contribution is 2.15. The third kappa shape index (κ3) is 2.50. The van der Waals surface area contributed by atoms with Crippen molar-refractivity contribution in [2.45, 2.75) is 6.61 Å². The molecule has 4 aromatic rings. The van der Waals surface area contributed by atoms with Gasteiger partial charge in [-0.05, 0) is 5.56 Å². The van der Waals surface area contributed by atoms with E-state index in [1.54, 1.807) is 27.9 Å². The van der Waals surface area contributed by atoms with Gasteiger partial charge in [0.25, 0.3) is 0 Å². The lowest BCUT2D eigenvalue weighted by atomic mass is 10.2. The minimum absolute atomic E-state index is 0.187. The van der Waals surface area contributed by atoms with Crippen molar-refractivity contribution in [2.24, 2.45) is 12.2 Å². The van der Waals surface area contributed by atoms with Gasteiger partial charge in [0.2, 0.25) is 0 Å². The van der Waals surface area contributed by atoms with Gasteiger partial charge in [-0.2, -0.15) is 5.10 Å². The Morgan fingerprint density at radius 3 is 2.96 bits per heavy atom. The molecule has 4 rings (SSSR count). The zero-order chi connectivity index (χ0) is 15.6. The van der Waals surface area contributed by atoms with Crippen LogP contribution in [-0.2, 0) is 18.5 Å². The van der Waals surface area contributed by atoms with Crippen LogP contribution in [0.4, 0.5) is 0 Å². The molecule has 0 N–H and O–H groups in total. The normalized spacial score (nSPS) is 11.7. The van der Waals surface area contributed by atoms with E-state index in [0.717, 1.165) is 16.6 Å². The molecule has 0 spiro atoms. The Hall–Kier alpha value is -3.29. The molecule has 0 aliphatic rings. The Labute approximate surface area is 131 Å². The first kappa shape index (κ1) is 13.4. The Balaban J connectivity index is 1.53. The number of aromatic nitrogens is 6. The van der Waals surface area contributed by atoms with E-state index in [1.165, 1.54) is 0 Å². The molecular formula is C15H13N7O. The molecule has 1 aromatic carbocycles. The monoisotopic (exact) mass is 307 g/mol. The molecule has 23 heavy (non-hydrogen) atoms. The fraction of sp³-hybridized carbons (Fsp3) is 0.133. The van der Waals surface area contributed by atoms with Crippen LogP contribution in [0.2, 0.25) is 0 Å². The average molecular weight is 307 g/mol. The maximum absolute atomic E-state index is 5.26. The van der Waals surface area contributed by atoms with Crippen molar-refractivity contribution in [3.8, 4) is 0 Å². The molecule has 8 heteroatoms. The van der Waals surface area contributed by atoms with Crippen molar-refractivity contribution in [2.75, 3.05) is 0 Å². The van der Waals surface area contributed by atoms with Crippen molar-refractivity contribution in [1.82, 2.24) is 29.4 Å². The lowest BCUT2D eigenvalue weighted by Crippen LogP contribution is -1.95. The zero-order valence-electron chi connectivity index (χ0n) is 12.4. The van der Waals surface area contributed by atoms with Crippen molar-refractivity contribution >= 4 is 22.9 Å². The second kappa shape index (κ2) is 5.48. The molecular weight excluding hydrogens is 294 g/mol. The first-order valence-corrected chi connectivity index (χ1v) is 7.03. The zero-order valence-corrected chi connectivity index (χ0v) is 12.4. The van der Waals surface area contributed by atoms with Crippen LogP contribution in [0.1, 0.15) is 11.4 Å². The lowest BCUT2D eigenvalue weighted by molar-refractivity contribution is 0.126. The lowest BCUT2D eigenvalue weighted by Gasteiger charge is -1.93. The first-order valence-electron chi connectivity index (χ1n) is 7.03. The van der Waals surface area contributed by atoms with Gasteiger partial charge in [0, 0.05) is 7.05 Å². The number of hydrogen-bond acceptors (Lipinski definition) is 6. The Morgan fingerprint density at radius 1 is 1.22 bits per heavy atom. The summed E-state index contributed by atoms with van der Waals surface area (Å²) in [5.41, 5.74) is 2.44. The Morgan fingerprint density at radius 2 is 2.09 bits per heavy atom. The van der Waals surface area contributed by atoms with E-state index >= 15 is 0 Å². The topological polar surface area (TPSA) is 82.5 Å². The molecule has 0 bridgehead atoms. The fourth-order valence-electron chi connectivity index (χ4n) is 2.28. The van der Waals surface area contributed by atoms with E-state index in [-0.39, 0.29) is 6.61 Å². The number of benzene rings is 1. The molecule has 8 nitrogen and oxygen atoms in total. The van der Waals surface area contributed by atoms with Crippen LogP contribution in [0.15, 0.2) is 48.0 Å². The summed E-state index contributed by atoms with van der Waals surface area (Å²) in [7, 11) is 1.84. The highest BCUT2D eigenvalue weighted by molar-refractivity contribution is 5.88. The number of fused-ring (bicyclic) bond motifs is 3. The maximum atomic E-state index is 5.26. The minimum Gasteiger partial charge on any atom is -0.387 e. The van der Waals surface area contributed by atoms with Gasteiger partial charge < -0.3 is 4.84 Å². The molecule has 0 unspecified atom stereocenters. The molecule has 114 valence electrons. The van der Waals surface area contributed by atoms with E-state index in [1.807, 2.05) is 37.4 Å². The van der Waals surface area contributed by atoms with Crippen LogP contribution in [0, 0.1) is 0 Å². The van der Waals surface area contributed by atoms with Crippen LogP contribution in [0.25, 0.3) is 16.7 Å². The van der Waals surface area contributed by atoms with Crippen molar-refractivity contribution < 1.29 is 4.84 Å². The number of rotatable bonds is 4. The summed E-state index contributed by atoms with van der Waals surface area (Å²) < 4.78 is 3.31. The second-order valence-corrected chi connectivity index (χ2v) is 4.96. The molecule has 0 atom stereocenters. The molecule has 0 aliphatic carbocycles. The van der Waals surface area contributed by atoms with E-state index in [4.69, 9.17) is 4.84 Å². The summed E-state index contributed by atoms with van der Waals surface area (Å²) in [4.78, 5) is 14.0. The molecule has 3 heterocycles. The predicted molar refractivity (Wildman–Crippen MR) is 83.9 cm³/mol. The van der Waals surface area contributed by atoms with Crippen LogP contribution < -0.4 is 0 Å². The number of hydrogen-bond donors (Lipinski definition) is 0. The van der Waals surface area contributed by atoms with Crippen molar-refractivity contribution in [1.29, 1.82) is 0 Å². The van der Waals surface area contributed by atoms with E-state index in [9.17, 15) is 0 Å². The van der Waals surface area contributed by atoms with Crippen LogP contribution >= 0.6 is 0 Å². The Kier molecular flexibility index (Phi) is 3.19. The molecule has 0 radical (unpaired) electrons.